The van der Waals surface area contributed by atoms with Crippen LogP contribution in [-0.4, -0.2) is 15.9 Å². The van der Waals surface area contributed by atoms with Gasteiger partial charge in [-0.25, -0.2) is 4.98 Å². The molecule has 0 atom stereocenters. The van der Waals surface area contributed by atoms with Crippen molar-refractivity contribution < 1.29 is 9.53 Å². The van der Waals surface area contributed by atoms with Crippen molar-refractivity contribution >= 4 is 23.1 Å². The molecule has 0 saturated heterocycles. The number of thiocarbonyl (C=S) groups is 1. The smallest absolute Gasteiger partial charge is 0.252 e. The number of nitrogens with zero attached hydrogens (tertiary/aromatic N) is 1. The van der Waals surface area contributed by atoms with Crippen molar-refractivity contribution in [2.45, 2.75) is 0 Å². The van der Waals surface area contributed by atoms with E-state index in [9.17, 15) is 4.79 Å². The maximum absolute atomic E-state index is 11.3. The first-order valence-electron chi connectivity index (χ1n) is 5.41. The van der Waals surface area contributed by atoms with Gasteiger partial charge in [0, 0.05) is 6.20 Å². The summed E-state index contributed by atoms with van der Waals surface area (Å²) in [7, 11) is 0. The highest BCUT2D eigenvalue weighted by Gasteiger charge is 2.13. The number of primary amides is 1. The van der Waals surface area contributed by atoms with Crippen LogP contribution in [0.15, 0.2) is 42.6 Å². The van der Waals surface area contributed by atoms with E-state index in [2.05, 4.69) is 4.98 Å². The second-order valence-electron chi connectivity index (χ2n) is 3.68. The zero-order valence-electron chi connectivity index (χ0n) is 9.87. The van der Waals surface area contributed by atoms with E-state index < -0.39 is 5.91 Å². The largest absolute Gasteiger partial charge is 0.454 e. The number of hydrogen-bond acceptors (Lipinski definition) is 4. The lowest BCUT2D eigenvalue weighted by molar-refractivity contribution is 0.0998. The molecule has 6 heteroatoms. The molecule has 0 bridgehead atoms. The predicted octanol–water partition coefficient (Wildman–Crippen LogP) is 1.61. The third kappa shape index (κ3) is 2.86. The molecule has 4 N–H and O–H groups in total. The van der Waals surface area contributed by atoms with E-state index >= 15 is 0 Å². The van der Waals surface area contributed by atoms with Crippen LogP contribution in [0.5, 0.6) is 11.5 Å². The average Bonchev–Trinajstić information content (AvgIpc) is 2.39. The lowest BCUT2D eigenvalue weighted by Gasteiger charge is -2.11. The lowest BCUT2D eigenvalue weighted by Crippen LogP contribution is -2.14. The van der Waals surface area contributed by atoms with Gasteiger partial charge in [-0.05, 0) is 24.3 Å². The number of ether oxygens (including phenoxy) is 1. The molecule has 1 amide bonds. The maximum Gasteiger partial charge on any atom is 0.252 e. The van der Waals surface area contributed by atoms with Gasteiger partial charge < -0.3 is 16.2 Å². The second kappa shape index (κ2) is 5.45. The second-order valence-corrected chi connectivity index (χ2v) is 4.12. The number of carbonyl (C=O) groups excluding carboxylic acids is 1. The zero-order valence-corrected chi connectivity index (χ0v) is 10.7. The first-order chi connectivity index (χ1) is 9.09. The Kier molecular flexibility index (Phi) is 3.72. The van der Waals surface area contributed by atoms with Crippen LogP contribution < -0.4 is 16.2 Å². The van der Waals surface area contributed by atoms with Gasteiger partial charge in [0.05, 0.1) is 5.56 Å². The molecule has 2 aromatic rings. The van der Waals surface area contributed by atoms with E-state index in [4.69, 9.17) is 28.4 Å². The van der Waals surface area contributed by atoms with E-state index in [1.807, 2.05) is 0 Å². The molecular formula is C13H11N3O2S. The fourth-order valence-electron chi connectivity index (χ4n) is 1.54. The Bertz CT molecular complexity index is 588. The van der Waals surface area contributed by atoms with Crippen molar-refractivity contribution in [3.8, 4) is 11.5 Å². The van der Waals surface area contributed by atoms with Crippen LogP contribution in [0, 0.1) is 0 Å². The molecule has 2 rings (SSSR count). The molecule has 96 valence electrons. The van der Waals surface area contributed by atoms with E-state index in [0.717, 1.165) is 0 Å². The first kappa shape index (κ1) is 13.0. The van der Waals surface area contributed by atoms with Crippen LogP contribution >= 0.6 is 12.2 Å². The lowest BCUT2D eigenvalue weighted by atomic mass is 10.2. The Morgan fingerprint density at radius 1 is 1.11 bits per heavy atom. The van der Waals surface area contributed by atoms with Crippen molar-refractivity contribution in [1.29, 1.82) is 0 Å². The molecule has 0 unspecified atom stereocenters. The third-order valence-corrected chi connectivity index (χ3v) is 2.57. The Morgan fingerprint density at radius 3 is 2.47 bits per heavy atom. The monoisotopic (exact) mass is 273 g/mol. The van der Waals surface area contributed by atoms with E-state index in [-0.39, 0.29) is 10.6 Å². The summed E-state index contributed by atoms with van der Waals surface area (Å²) in [6, 6.07) is 10.00. The molecule has 0 fully saturated rings. The molecule has 0 saturated carbocycles. The van der Waals surface area contributed by atoms with Crippen LogP contribution in [0.1, 0.15) is 16.1 Å². The van der Waals surface area contributed by atoms with Crippen LogP contribution in [0.25, 0.3) is 0 Å². The van der Waals surface area contributed by atoms with Gasteiger partial charge >= 0.3 is 0 Å². The summed E-state index contributed by atoms with van der Waals surface area (Å²) in [5.74, 6) is 0.139. The number of pyridine rings is 1. The molecule has 1 aromatic carbocycles. The van der Waals surface area contributed by atoms with Gasteiger partial charge in [-0.15, -0.1) is 0 Å². The summed E-state index contributed by atoms with van der Waals surface area (Å²) in [6.07, 6.45) is 1.56. The van der Waals surface area contributed by atoms with Crippen molar-refractivity contribution in [3.05, 3.63) is 53.9 Å². The van der Waals surface area contributed by atoms with Gasteiger partial charge in [-0.1, -0.05) is 24.4 Å². The topological polar surface area (TPSA) is 91.2 Å². The van der Waals surface area contributed by atoms with Gasteiger partial charge in [-0.2, -0.15) is 0 Å². The fraction of sp³-hybridized carbons (Fsp3) is 0. The number of hydrogen-bond donors (Lipinski definition) is 2. The Labute approximate surface area is 115 Å². The van der Waals surface area contributed by atoms with Crippen molar-refractivity contribution in [2.24, 2.45) is 11.5 Å². The van der Waals surface area contributed by atoms with Crippen molar-refractivity contribution in [1.82, 2.24) is 4.98 Å². The number of nitrogens with two attached hydrogens (primary N) is 2. The Balaban J connectivity index is 2.42. The molecule has 0 aliphatic heterocycles. The highest BCUT2D eigenvalue weighted by Crippen LogP contribution is 2.26. The molecular weight excluding hydrogens is 262 g/mol. The number of carbonyl (C=O) groups is 1. The van der Waals surface area contributed by atoms with E-state index in [1.165, 1.54) is 0 Å². The number of amides is 1. The molecule has 0 aliphatic rings. The van der Waals surface area contributed by atoms with Crippen molar-refractivity contribution in [2.75, 3.05) is 0 Å². The molecule has 1 heterocycles. The summed E-state index contributed by atoms with van der Waals surface area (Å²) in [4.78, 5) is 15.5. The number of aromatic nitrogens is 1. The van der Waals surface area contributed by atoms with Gasteiger partial charge in [-0.3, -0.25) is 4.79 Å². The predicted molar refractivity (Wildman–Crippen MR) is 75.2 cm³/mol. The molecule has 1 aromatic heterocycles. The summed E-state index contributed by atoms with van der Waals surface area (Å²) in [5, 5.41) is 0. The summed E-state index contributed by atoms with van der Waals surface area (Å²) in [5.41, 5.74) is 11.5. The standard InChI is InChI=1S/C13H11N3O2S/c14-12(17)8-4-1-2-5-9(8)18-10-6-3-7-16-11(10)13(15)19/h1-7H,(H2,14,17)(H2,15,19). The maximum atomic E-state index is 11.3. The van der Waals surface area contributed by atoms with Crippen molar-refractivity contribution in [3.63, 3.8) is 0 Å². The SMILES string of the molecule is NC(=O)c1ccccc1Oc1cccnc1C(N)=S. The van der Waals surface area contributed by atoms with Gasteiger partial charge in [0.15, 0.2) is 5.75 Å². The third-order valence-electron chi connectivity index (χ3n) is 2.38. The minimum atomic E-state index is -0.573. The Morgan fingerprint density at radius 2 is 1.79 bits per heavy atom. The normalized spacial score (nSPS) is 9.89. The van der Waals surface area contributed by atoms with Gasteiger partial charge in [0.2, 0.25) is 0 Å². The zero-order chi connectivity index (χ0) is 13.8. The van der Waals surface area contributed by atoms with Gasteiger partial charge in [0.1, 0.15) is 16.4 Å². The average molecular weight is 273 g/mol. The van der Waals surface area contributed by atoms with Gasteiger partial charge in [0.25, 0.3) is 5.91 Å². The summed E-state index contributed by atoms with van der Waals surface area (Å²) >= 11 is 4.89. The number of benzene rings is 1. The molecule has 0 radical (unpaired) electrons. The highest BCUT2D eigenvalue weighted by molar-refractivity contribution is 7.80. The number of para-hydroxylation sites is 1. The first-order valence-corrected chi connectivity index (χ1v) is 5.82. The van der Waals surface area contributed by atoms with E-state index in [1.54, 1.807) is 42.6 Å². The van der Waals surface area contributed by atoms with Crippen LogP contribution in [0.3, 0.4) is 0 Å². The fourth-order valence-corrected chi connectivity index (χ4v) is 1.69. The molecule has 19 heavy (non-hydrogen) atoms. The van der Waals surface area contributed by atoms with Crippen LogP contribution in [0.2, 0.25) is 0 Å². The quantitative estimate of drug-likeness (QED) is 0.826. The molecule has 0 aliphatic carbocycles. The molecule has 5 nitrogen and oxygen atoms in total. The minimum Gasteiger partial charge on any atom is -0.454 e. The summed E-state index contributed by atoms with van der Waals surface area (Å²) < 4.78 is 5.63. The summed E-state index contributed by atoms with van der Waals surface area (Å²) in [6.45, 7) is 0. The Hall–Kier alpha value is -2.47. The van der Waals surface area contributed by atoms with E-state index in [0.29, 0.717) is 17.2 Å². The van der Waals surface area contributed by atoms with Crippen LogP contribution in [0.4, 0.5) is 0 Å². The van der Waals surface area contributed by atoms with Crippen LogP contribution in [-0.2, 0) is 0 Å². The minimum absolute atomic E-state index is 0.118. The highest BCUT2D eigenvalue weighted by atomic mass is 32.1. The number of rotatable bonds is 4. The molecule has 0 spiro atoms.